The van der Waals surface area contributed by atoms with Gasteiger partial charge in [0.2, 0.25) is 5.91 Å². The average Bonchev–Trinajstić information content (AvgIpc) is 3.82. The zero-order valence-electron chi connectivity index (χ0n) is 33.6. The number of aromatic nitrogens is 2. The molecular formula is C47H47ClFN5O4Si. The molecule has 59 heavy (non-hydrogen) atoms. The molecule has 1 unspecified atom stereocenters. The molecule has 6 aromatic rings. The molecule has 1 fully saturated rings. The van der Waals surface area contributed by atoms with Crippen LogP contribution < -0.4 is 25.3 Å². The molecule has 5 aromatic carbocycles. The molecule has 1 aromatic heterocycles. The molecule has 302 valence electrons. The van der Waals surface area contributed by atoms with Crippen LogP contribution in [0.1, 0.15) is 55.5 Å². The summed E-state index contributed by atoms with van der Waals surface area (Å²) < 4.78 is 30.1. The van der Waals surface area contributed by atoms with Crippen molar-refractivity contribution in [2.75, 3.05) is 18.1 Å². The van der Waals surface area contributed by atoms with E-state index in [2.05, 4.69) is 122 Å². The maximum Gasteiger partial charge on any atom is 0.329 e. The second kappa shape index (κ2) is 16.6. The van der Waals surface area contributed by atoms with Gasteiger partial charge >= 0.3 is 6.03 Å². The van der Waals surface area contributed by atoms with Crippen molar-refractivity contribution in [2.24, 2.45) is 7.05 Å². The van der Waals surface area contributed by atoms with Gasteiger partial charge in [0.1, 0.15) is 29.8 Å². The summed E-state index contributed by atoms with van der Waals surface area (Å²) in [7, 11) is -1.00. The third kappa shape index (κ3) is 7.95. The zero-order chi connectivity index (χ0) is 41.3. The summed E-state index contributed by atoms with van der Waals surface area (Å²) in [6.07, 6.45) is 1.92. The monoisotopic (exact) mass is 827 g/mol. The smallest absolute Gasteiger partial charge is 0.329 e. The number of fused-ring (bicyclic) bond motifs is 1. The van der Waals surface area contributed by atoms with Crippen molar-refractivity contribution in [3.8, 4) is 17.1 Å². The summed E-state index contributed by atoms with van der Waals surface area (Å²) in [4.78, 5) is 33.2. The quantitative estimate of drug-likeness (QED) is 0.125. The van der Waals surface area contributed by atoms with Crippen molar-refractivity contribution >= 4 is 48.0 Å². The number of imide groups is 1. The van der Waals surface area contributed by atoms with E-state index in [1.807, 2.05) is 23.7 Å². The number of hydrogen-bond donors (Lipinski definition) is 1. The maximum atomic E-state index is 14.6. The lowest BCUT2D eigenvalue weighted by Crippen LogP contribution is -2.67. The lowest BCUT2D eigenvalue weighted by atomic mass is 10.1. The van der Waals surface area contributed by atoms with Gasteiger partial charge in [-0.3, -0.25) is 19.9 Å². The van der Waals surface area contributed by atoms with Gasteiger partial charge in [0, 0.05) is 44.2 Å². The third-order valence-electron chi connectivity index (χ3n) is 11.5. The Morgan fingerprint density at radius 2 is 1.54 bits per heavy atom. The van der Waals surface area contributed by atoms with Crippen LogP contribution in [0.25, 0.3) is 11.4 Å². The summed E-state index contributed by atoms with van der Waals surface area (Å²) in [5.74, 6) is 1.28. The van der Waals surface area contributed by atoms with Crippen LogP contribution in [-0.4, -0.2) is 47.9 Å². The number of anilines is 1. The molecule has 1 saturated heterocycles. The van der Waals surface area contributed by atoms with E-state index in [-0.39, 0.29) is 30.0 Å². The number of rotatable bonds is 12. The Hall–Kier alpha value is -5.59. The van der Waals surface area contributed by atoms with Gasteiger partial charge in [0.05, 0.1) is 23.9 Å². The zero-order valence-corrected chi connectivity index (χ0v) is 35.4. The highest BCUT2D eigenvalue weighted by Crippen LogP contribution is 2.40. The first kappa shape index (κ1) is 40.2. The van der Waals surface area contributed by atoms with Gasteiger partial charge in [-0.05, 0) is 62.4 Å². The summed E-state index contributed by atoms with van der Waals surface area (Å²) >= 11 is 6.29. The van der Waals surface area contributed by atoms with Gasteiger partial charge < -0.3 is 13.7 Å². The molecule has 1 atom stereocenters. The highest BCUT2D eigenvalue weighted by atomic mass is 35.5. The lowest BCUT2D eigenvalue weighted by Gasteiger charge is -2.44. The second-order valence-corrected chi connectivity index (χ2v) is 20.9. The first-order valence-electron chi connectivity index (χ1n) is 19.8. The number of imidazole rings is 1. The van der Waals surface area contributed by atoms with Gasteiger partial charge in [-0.25, -0.2) is 14.2 Å². The van der Waals surface area contributed by atoms with Gasteiger partial charge in [0.15, 0.2) is 0 Å². The molecule has 0 radical (unpaired) electrons. The fraction of sp³-hybridized carbons (Fsp3) is 0.255. The number of nitrogens with one attached hydrogen (secondary N) is 1. The molecule has 0 bridgehead atoms. The Balaban J connectivity index is 1.11. The predicted molar refractivity (Wildman–Crippen MR) is 232 cm³/mol. The van der Waals surface area contributed by atoms with E-state index in [1.165, 1.54) is 27.6 Å². The standard InChI is InChI=1S/C47H47ClFN5O4Si/c1-47(2,3)59(37-12-7-5-8-13-37,38-14-9-6-10-15-38)58-31-42(32-20-22-36(23-21-32)57-30-39-40(48)16-11-17-41(39)49)53-28-34-19-18-33(26-35(34)29-53)45-50-27-44(52(45)4)54-25-24-43(55)51-46(54)56/h5-23,26-27,42H,24-25,28-31H2,1-4H3,(H,51,55,56). The van der Waals surface area contributed by atoms with E-state index < -0.39 is 20.2 Å². The first-order chi connectivity index (χ1) is 28.4. The van der Waals surface area contributed by atoms with E-state index in [4.69, 9.17) is 25.7 Å². The van der Waals surface area contributed by atoms with Crippen LogP contribution in [-0.2, 0) is 36.0 Å². The topological polar surface area (TPSA) is 88.9 Å². The molecule has 0 spiro atoms. The van der Waals surface area contributed by atoms with E-state index in [9.17, 15) is 14.0 Å². The number of carbonyl (C=O) groups excluding carboxylic acids is 2. The van der Waals surface area contributed by atoms with Crippen molar-refractivity contribution < 1.29 is 23.1 Å². The second-order valence-electron chi connectivity index (χ2n) is 16.2. The third-order valence-corrected chi connectivity index (χ3v) is 16.9. The number of halogens is 2. The fourth-order valence-corrected chi connectivity index (χ4v) is 13.3. The summed E-state index contributed by atoms with van der Waals surface area (Å²) in [5, 5.41) is 4.95. The SMILES string of the molecule is Cn1c(N2CCC(=O)NC2=O)cnc1-c1ccc2c(c1)CN(C(CO[Si](c1ccccc1)(c1ccccc1)C(C)(C)C)c1ccc(OCc3c(F)cccc3Cl)cc1)C2. The van der Waals surface area contributed by atoms with Gasteiger partial charge in [-0.1, -0.05) is 123 Å². The van der Waals surface area contributed by atoms with Crippen molar-refractivity contribution in [3.63, 3.8) is 0 Å². The summed E-state index contributed by atoms with van der Waals surface area (Å²) in [5.41, 5.74) is 4.72. The molecule has 3 amide bonds. The van der Waals surface area contributed by atoms with E-state index in [0.717, 1.165) is 17.0 Å². The fourth-order valence-electron chi connectivity index (χ4n) is 8.47. The van der Waals surface area contributed by atoms with Crippen LogP contribution in [0.3, 0.4) is 0 Å². The van der Waals surface area contributed by atoms with Crippen LogP contribution >= 0.6 is 11.6 Å². The minimum absolute atomic E-state index is 0.0113. The number of carbonyl (C=O) groups is 2. The minimum atomic E-state index is -2.89. The van der Waals surface area contributed by atoms with Crippen LogP contribution in [0.15, 0.2) is 128 Å². The summed E-state index contributed by atoms with van der Waals surface area (Å²) in [6.45, 7) is 8.99. The molecule has 9 nitrogen and oxygen atoms in total. The van der Waals surface area contributed by atoms with Crippen LogP contribution in [0.4, 0.5) is 15.0 Å². The Kier molecular flexibility index (Phi) is 11.3. The number of ether oxygens (including phenoxy) is 1. The van der Waals surface area contributed by atoms with Crippen molar-refractivity contribution in [2.45, 2.75) is 58.0 Å². The molecule has 2 aliphatic rings. The molecule has 8 rings (SSSR count). The Bertz CT molecular complexity index is 2420. The Labute approximate surface area is 350 Å². The molecule has 0 aliphatic carbocycles. The van der Waals surface area contributed by atoms with E-state index >= 15 is 0 Å². The van der Waals surface area contributed by atoms with Crippen molar-refractivity contribution in [1.82, 2.24) is 19.8 Å². The number of benzene rings is 5. The summed E-state index contributed by atoms with van der Waals surface area (Å²) in [6, 6.07) is 39.8. The maximum absolute atomic E-state index is 14.6. The van der Waals surface area contributed by atoms with Gasteiger partial charge in [-0.2, -0.15) is 0 Å². The number of amides is 3. The molecule has 2 aliphatic heterocycles. The molecule has 3 heterocycles. The Morgan fingerprint density at radius 3 is 2.19 bits per heavy atom. The van der Waals surface area contributed by atoms with Gasteiger partial charge in [0.25, 0.3) is 8.32 Å². The Morgan fingerprint density at radius 1 is 0.864 bits per heavy atom. The van der Waals surface area contributed by atoms with Gasteiger partial charge in [-0.15, -0.1) is 0 Å². The highest BCUT2D eigenvalue weighted by molar-refractivity contribution is 6.99. The number of nitrogens with zero attached hydrogens (tertiary/aromatic N) is 4. The number of hydrogen-bond acceptors (Lipinski definition) is 6. The van der Waals surface area contributed by atoms with Crippen LogP contribution in [0, 0.1) is 5.82 Å². The normalized spacial score (nSPS) is 15.3. The minimum Gasteiger partial charge on any atom is -0.489 e. The largest absolute Gasteiger partial charge is 0.489 e. The molecule has 12 heteroatoms. The average molecular weight is 828 g/mol. The van der Waals surface area contributed by atoms with Crippen molar-refractivity contribution in [1.29, 1.82) is 0 Å². The molecular weight excluding hydrogens is 781 g/mol. The van der Waals surface area contributed by atoms with Crippen molar-refractivity contribution in [3.05, 3.63) is 161 Å². The van der Waals surface area contributed by atoms with E-state index in [0.29, 0.717) is 48.4 Å². The molecule has 0 saturated carbocycles. The predicted octanol–water partition coefficient (Wildman–Crippen LogP) is 8.54. The lowest BCUT2D eigenvalue weighted by molar-refractivity contribution is -0.120. The first-order valence-corrected chi connectivity index (χ1v) is 22.1. The van der Waals surface area contributed by atoms with Crippen LogP contribution in [0.2, 0.25) is 10.1 Å². The molecule has 1 N–H and O–H groups in total. The highest BCUT2D eigenvalue weighted by Gasteiger charge is 2.50. The van der Waals surface area contributed by atoms with E-state index in [1.54, 1.807) is 23.2 Å². The van der Waals surface area contributed by atoms with Crippen LogP contribution in [0.5, 0.6) is 5.75 Å². The number of urea groups is 1.